The van der Waals surface area contributed by atoms with Crippen molar-refractivity contribution in [1.82, 2.24) is 19.7 Å². The SMILES string of the molecule is O=C(O)N1Cc2cc(C3(Cl)CCC(c4ccc(F)cc4)CC3)ccc2-n2cnnc2C1. The smallest absolute Gasteiger partial charge is 0.408 e. The molecule has 0 atom stereocenters. The molecule has 160 valence electrons. The van der Waals surface area contributed by atoms with Crippen LogP contribution in [0.3, 0.4) is 0 Å². The lowest BCUT2D eigenvalue weighted by molar-refractivity contribution is 0.138. The third-order valence-electron chi connectivity index (χ3n) is 6.56. The summed E-state index contributed by atoms with van der Waals surface area (Å²) in [6, 6.07) is 12.8. The van der Waals surface area contributed by atoms with E-state index in [1.54, 1.807) is 6.33 Å². The van der Waals surface area contributed by atoms with Crippen molar-refractivity contribution >= 4 is 17.7 Å². The summed E-state index contributed by atoms with van der Waals surface area (Å²) in [5, 5.41) is 17.6. The largest absolute Gasteiger partial charge is 0.465 e. The summed E-state index contributed by atoms with van der Waals surface area (Å²) >= 11 is 7.12. The number of rotatable bonds is 2. The molecule has 0 radical (unpaired) electrons. The number of halogens is 2. The van der Waals surface area contributed by atoms with Crippen LogP contribution in [-0.4, -0.2) is 30.9 Å². The number of amides is 1. The second-order valence-electron chi connectivity index (χ2n) is 8.39. The Morgan fingerprint density at radius 3 is 2.58 bits per heavy atom. The Labute approximate surface area is 184 Å². The Hall–Kier alpha value is -2.93. The van der Waals surface area contributed by atoms with Gasteiger partial charge in [0.1, 0.15) is 12.1 Å². The van der Waals surface area contributed by atoms with E-state index in [1.807, 2.05) is 34.9 Å². The highest BCUT2D eigenvalue weighted by atomic mass is 35.5. The van der Waals surface area contributed by atoms with Gasteiger partial charge in [-0.15, -0.1) is 21.8 Å². The van der Waals surface area contributed by atoms with Gasteiger partial charge in [-0.1, -0.05) is 24.3 Å². The third kappa shape index (κ3) is 3.67. The number of benzene rings is 2. The molecule has 8 heteroatoms. The van der Waals surface area contributed by atoms with Crippen molar-refractivity contribution in [3.05, 3.63) is 77.1 Å². The number of aromatic nitrogens is 3. The molecular weight excluding hydrogens is 419 g/mol. The lowest BCUT2D eigenvalue weighted by atomic mass is 9.75. The molecule has 0 saturated heterocycles. The molecule has 0 unspecified atom stereocenters. The van der Waals surface area contributed by atoms with Gasteiger partial charge >= 0.3 is 6.09 Å². The Bertz CT molecular complexity index is 1120. The molecule has 1 aromatic heterocycles. The number of hydrogen-bond acceptors (Lipinski definition) is 3. The summed E-state index contributed by atoms with van der Waals surface area (Å²) in [7, 11) is 0. The fraction of sp³-hybridized carbons (Fsp3) is 0.348. The van der Waals surface area contributed by atoms with E-state index in [4.69, 9.17) is 11.6 Å². The summed E-state index contributed by atoms with van der Waals surface area (Å²) in [4.78, 5) is 12.5. The average Bonchev–Trinajstić information content (AvgIpc) is 3.16. The monoisotopic (exact) mass is 440 g/mol. The van der Waals surface area contributed by atoms with Gasteiger partial charge in [-0.25, -0.2) is 9.18 Å². The van der Waals surface area contributed by atoms with Crippen molar-refractivity contribution in [3.63, 3.8) is 0 Å². The van der Waals surface area contributed by atoms with Gasteiger partial charge in [0.25, 0.3) is 0 Å². The van der Waals surface area contributed by atoms with Gasteiger partial charge < -0.3 is 5.11 Å². The third-order valence-corrected chi connectivity index (χ3v) is 7.15. The molecule has 1 amide bonds. The van der Waals surface area contributed by atoms with E-state index in [2.05, 4.69) is 10.2 Å². The van der Waals surface area contributed by atoms with E-state index in [1.165, 1.54) is 17.0 Å². The topological polar surface area (TPSA) is 71.2 Å². The first-order valence-electron chi connectivity index (χ1n) is 10.4. The van der Waals surface area contributed by atoms with Gasteiger partial charge in [-0.2, -0.15) is 0 Å². The number of carbonyl (C=O) groups is 1. The number of carboxylic acid groups (broad SMARTS) is 1. The summed E-state index contributed by atoms with van der Waals surface area (Å²) in [5.74, 6) is 0.743. The van der Waals surface area contributed by atoms with Crippen LogP contribution in [0.2, 0.25) is 0 Å². The Morgan fingerprint density at radius 1 is 1.13 bits per heavy atom. The van der Waals surface area contributed by atoms with Crippen LogP contribution in [0.25, 0.3) is 5.69 Å². The predicted octanol–water partition coefficient (Wildman–Crippen LogP) is 5.19. The van der Waals surface area contributed by atoms with E-state index < -0.39 is 11.0 Å². The molecule has 31 heavy (non-hydrogen) atoms. The summed E-state index contributed by atoms with van der Waals surface area (Å²) in [6.07, 6.45) is 4.06. The maximum absolute atomic E-state index is 13.2. The number of hydrogen-bond donors (Lipinski definition) is 1. The Balaban J connectivity index is 1.42. The lowest BCUT2D eigenvalue weighted by Crippen LogP contribution is -2.28. The quantitative estimate of drug-likeness (QED) is 0.556. The normalized spacial score (nSPS) is 23.0. The molecule has 5 rings (SSSR count). The first-order valence-corrected chi connectivity index (χ1v) is 10.8. The van der Waals surface area contributed by atoms with Crippen molar-refractivity contribution in [2.24, 2.45) is 0 Å². The van der Waals surface area contributed by atoms with Crippen molar-refractivity contribution < 1.29 is 14.3 Å². The number of nitrogens with zero attached hydrogens (tertiary/aromatic N) is 4. The zero-order valence-corrected chi connectivity index (χ0v) is 17.6. The van der Waals surface area contributed by atoms with Gasteiger partial charge in [0.05, 0.1) is 23.7 Å². The standard InChI is InChI=1S/C23H22ClFN4O2/c24-23(9-7-16(8-10-23)15-1-4-19(25)5-2-15)18-3-6-20-17(11-18)12-28(22(30)31)13-21-27-26-14-29(20)21/h1-6,11,14,16H,7-10,12-13H2,(H,30,31). The van der Waals surface area contributed by atoms with E-state index in [0.29, 0.717) is 11.7 Å². The molecule has 1 N–H and O–H groups in total. The molecule has 3 aromatic rings. The molecule has 6 nitrogen and oxygen atoms in total. The second-order valence-corrected chi connectivity index (χ2v) is 9.11. The maximum atomic E-state index is 13.2. The highest BCUT2D eigenvalue weighted by molar-refractivity contribution is 6.24. The van der Waals surface area contributed by atoms with E-state index in [9.17, 15) is 14.3 Å². The highest BCUT2D eigenvalue weighted by Gasteiger charge is 2.36. The molecular formula is C23H22ClFN4O2. The van der Waals surface area contributed by atoms with Gasteiger partial charge in [-0.05, 0) is 66.5 Å². The Kier molecular flexibility index (Phi) is 4.93. The molecule has 2 aromatic carbocycles. The predicted molar refractivity (Wildman–Crippen MR) is 114 cm³/mol. The Morgan fingerprint density at radius 2 is 1.87 bits per heavy atom. The van der Waals surface area contributed by atoms with Crippen molar-refractivity contribution in [2.45, 2.75) is 49.6 Å². The minimum absolute atomic E-state index is 0.185. The van der Waals surface area contributed by atoms with Crippen LogP contribution >= 0.6 is 11.6 Å². The minimum atomic E-state index is -0.992. The number of fused-ring (bicyclic) bond motifs is 3. The fourth-order valence-corrected chi connectivity index (χ4v) is 5.13. The first-order chi connectivity index (χ1) is 14.9. The van der Waals surface area contributed by atoms with Crippen LogP contribution in [0, 0.1) is 5.82 Å². The molecule has 2 aliphatic rings. The number of alkyl halides is 1. The van der Waals surface area contributed by atoms with Crippen LogP contribution in [0.15, 0.2) is 48.8 Å². The summed E-state index contributed by atoms with van der Waals surface area (Å²) in [6.45, 7) is 0.456. The van der Waals surface area contributed by atoms with Crippen molar-refractivity contribution in [1.29, 1.82) is 0 Å². The first kappa shape index (κ1) is 20.0. The molecule has 1 aliphatic heterocycles. The van der Waals surface area contributed by atoms with Gasteiger partial charge in [0.15, 0.2) is 5.82 Å². The molecule has 2 heterocycles. The molecule has 0 bridgehead atoms. The van der Waals surface area contributed by atoms with Gasteiger partial charge in [-0.3, -0.25) is 9.47 Å². The minimum Gasteiger partial charge on any atom is -0.465 e. The lowest BCUT2D eigenvalue weighted by Gasteiger charge is -2.36. The van der Waals surface area contributed by atoms with Crippen LogP contribution in [-0.2, 0) is 18.0 Å². The molecule has 1 fully saturated rings. The van der Waals surface area contributed by atoms with Gasteiger partial charge in [0, 0.05) is 0 Å². The van der Waals surface area contributed by atoms with Crippen LogP contribution in [0.4, 0.5) is 9.18 Å². The van der Waals surface area contributed by atoms with Crippen LogP contribution < -0.4 is 0 Å². The highest BCUT2D eigenvalue weighted by Crippen LogP contribution is 2.48. The van der Waals surface area contributed by atoms with E-state index in [0.717, 1.165) is 48.1 Å². The fourth-order valence-electron chi connectivity index (χ4n) is 4.79. The van der Waals surface area contributed by atoms with Crippen molar-refractivity contribution in [2.75, 3.05) is 0 Å². The summed E-state index contributed by atoms with van der Waals surface area (Å²) in [5.41, 5.74) is 3.93. The zero-order valence-electron chi connectivity index (χ0n) is 16.8. The van der Waals surface area contributed by atoms with Crippen molar-refractivity contribution in [3.8, 4) is 5.69 Å². The summed E-state index contributed by atoms with van der Waals surface area (Å²) < 4.78 is 15.1. The second kappa shape index (κ2) is 7.64. The molecule has 0 spiro atoms. The van der Waals surface area contributed by atoms with E-state index in [-0.39, 0.29) is 18.9 Å². The average molecular weight is 441 g/mol. The van der Waals surface area contributed by atoms with Crippen LogP contribution in [0.1, 0.15) is 54.1 Å². The van der Waals surface area contributed by atoms with Crippen LogP contribution in [0.5, 0.6) is 0 Å². The van der Waals surface area contributed by atoms with Gasteiger partial charge in [0.2, 0.25) is 0 Å². The maximum Gasteiger partial charge on any atom is 0.408 e. The molecule has 1 aliphatic carbocycles. The zero-order chi connectivity index (χ0) is 21.6. The van der Waals surface area contributed by atoms with E-state index >= 15 is 0 Å². The molecule has 1 saturated carbocycles.